The number of carboxylic acid groups (broad SMARTS) is 2. The Hall–Kier alpha value is -2.27. The van der Waals surface area contributed by atoms with Gasteiger partial charge in [0.15, 0.2) is 0 Å². The smallest absolute Gasteiger partial charge is 0.290 e. The number of nitrogens with zero attached hydrogens (tertiary/aromatic N) is 3. The zero-order valence-electron chi connectivity index (χ0n) is 17.4. The number of piperidine rings is 1. The molecule has 2 aromatic heterocycles. The third-order valence-electron chi connectivity index (χ3n) is 4.67. The van der Waals surface area contributed by atoms with E-state index >= 15 is 0 Å². The van der Waals surface area contributed by atoms with Gasteiger partial charge in [-0.2, -0.15) is 0 Å². The topological polar surface area (TPSA) is 130 Å². The summed E-state index contributed by atoms with van der Waals surface area (Å²) in [5, 5.41) is 25.4. The van der Waals surface area contributed by atoms with E-state index in [9.17, 15) is 5.11 Å². The van der Waals surface area contributed by atoms with Gasteiger partial charge < -0.3 is 20.3 Å². The number of aromatic nitrogens is 2. The fourth-order valence-electron chi connectivity index (χ4n) is 3.30. The minimum absolute atomic E-state index is 0.176. The lowest BCUT2D eigenvalue weighted by molar-refractivity contribution is -0.123. The van der Waals surface area contributed by atoms with Gasteiger partial charge in [-0.1, -0.05) is 6.42 Å². The van der Waals surface area contributed by atoms with E-state index in [2.05, 4.69) is 31.2 Å². The van der Waals surface area contributed by atoms with Crippen LogP contribution >= 0.6 is 11.3 Å². The van der Waals surface area contributed by atoms with Crippen LogP contribution in [0.15, 0.2) is 17.8 Å². The number of rotatable bonds is 8. The molecule has 2 aromatic rings. The zero-order chi connectivity index (χ0) is 22.2. The van der Waals surface area contributed by atoms with Gasteiger partial charge in [0, 0.05) is 36.8 Å². The lowest BCUT2D eigenvalue weighted by Crippen LogP contribution is -2.28. The molecule has 1 fully saturated rings. The van der Waals surface area contributed by atoms with Crippen LogP contribution < -0.4 is 0 Å². The molecule has 0 spiro atoms. The number of carbonyl (C=O) groups is 2. The molecule has 1 aliphatic heterocycles. The minimum Gasteiger partial charge on any atom is -0.483 e. The van der Waals surface area contributed by atoms with E-state index in [4.69, 9.17) is 19.8 Å². The highest BCUT2D eigenvalue weighted by Crippen LogP contribution is 2.21. The van der Waals surface area contributed by atoms with Crippen LogP contribution in [0.4, 0.5) is 0 Å². The van der Waals surface area contributed by atoms with Gasteiger partial charge in [-0.15, -0.1) is 11.3 Å². The number of nitrogens with one attached hydrogen (secondary N) is 1. The van der Waals surface area contributed by atoms with Gasteiger partial charge in [0.25, 0.3) is 12.9 Å². The summed E-state index contributed by atoms with van der Waals surface area (Å²) >= 11 is 1.83. The molecule has 30 heavy (non-hydrogen) atoms. The van der Waals surface area contributed by atoms with Crippen LogP contribution in [0.25, 0.3) is 0 Å². The first-order chi connectivity index (χ1) is 14.6. The van der Waals surface area contributed by atoms with Crippen molar-refractivity contribution < 1.29 is 24.9 Å². The van der Waals surface area contributed by atoms with Crippen molar-refractivity contribution in [2.75, 3.05) is 26.2 Å². The molecule has 3 rings (SSSR count). The highest BCUT2D eigenvalue weighted by Gasteiger charge is 2.14. The Bertz CT molecular complexity index is 710. The van der Waals surface area contributed by atoms with Crippen LogP contribution in [-0.2, 0) is 29.2 Å². The minimum atomic E-state index is -0.250. The second-order valence-electron chi connectivity index (χ2n) is 6.88. The van der Waals surface area contributed by atoms with E-state index in [1.165, 1.54) is 42.8 Å². The van der Waals surface area contributed by atoms with Crippen molar-refractivity contribution in [3.05, 3.63) is 39.6 Å². The first-order valence-corrected chi connectivity index (χ1v) is 10.7. The van der Waals surface area contributed by atoms with Crippen molar-refractivity contribution in [1.82, 2.24) is 19.8 Å². The first-order valence-electron chi connectivity index (χ1n) is 9.84. The fraction of sp³-hybridized carbons (Fsp3) is 0.550. The van der Waals surface area contributed by atoms with Crippen LogP contribution in [0.2, 0.25) is 0 Å². The third-order valence-corrected chi connectivity index (χ3v) is 5.64. The van der Waals surface area contributed by atoms with Crippen molar-refractivity contribution >= 4 is 24.3 Å². The Morgan fingerprint density at radius 3 is 2.43 bits per heavy atom. The molecule has 0 saturated carbocycles. The highest BCUT2D eigenvalue weighted by atomic mass is 32.1. The van der Waals surface area contributed by atoms with E-state index in [0.29, 0.717) is 6.54 Å². The molecule has 0 atom stereocenters. The molecular formula is C20H32N4O5S. The van der Waals surface area contributed by atoms with Crippen molar-refractivity contribution in [2.45, 2.75) is 45.8 Å². The van der Waals surface area contributed by atoms with Crippen LogP contribution in [0, 0.1) is 6.92 Å². The summed E-state index contributed by atoms with van der Waals surface area (Å²) in [4.78, 5) is 30.4. The summed E-state index contributed by atoms with van der Waals surface area (Å²) in [6.07, 6.45) is 5.80. The SMILES string of the molecule is Cc1[nH]cnc1CN(CCO)Cc1cc(CN2CCCCC2)cs1.O=CO.O=CO. The predicted octanol–water partition coefficient (Wildman–Crippen LogP) is 2.16. The van der Waals surface area contributed by atoms with Crippen molar-refractivity contribution in [3.8, 4) is 0 Å². The van der Waals surface area contributed by atoms with Crippen LogP contribution in [0.1, 0.15) is 41.1 Å². The number of aliphatic hydroxyl groups excluding tert-OH is 1. The molecule has 0 unspecified atom stereocenters. The molecule has 0 aliphatic carbocycles. The summed E-state index contributed by atoms with van der Waals surface area (Å²) in [7, 11) is 0. The average Bonchev–Trinajstić information content (AvgIpc) is 3.33. The number of aliphatic hydroxyl groups is 1. The number of aromatic amines is 1. The molecule has 9 nitrogen and oxygen atoms in total. The maximum absolute atomic E-state index is 9.36. The molecule has 1 aliphatic rings. The van der Waals surface area contributed by atoms with Crippen LogP contribution in [-0.4, -0.2) is 74.3 Å². The van der Waals surface area contributed by atoms with Crippen LogP contribution in [0.5, 0.6) is 0 Å². The molecule has 1 saturated heterocycles. The van der Waals surface area contributed by atoms with Gasteiger partial charge >= 0.3 is 0 Å². The monoisotopic (exact) mass is 440 g/mol. The maximum atomic E-state index is 9.36. The first kappa shape index (κ1) is 25.8. The van der Waals surface area contributed by atoms with Gasteiger partial charge in [-0.05, 0) is 49.9 Å². The number of likely N-dealkylation sites (tertiary alicyclic amines) is 1. The van der Waals surface area contributed by atoms with Gasteiger partial charge in [0.2, 0.25) is 0 Å². The van der Waals surface area contributed by atoms with E-state index in [1.807, 2.05) is 18.3 Å². The number of H-pyrrole nitrogens is 1. The second kappa shape index (κ2) is 15.6. The Balaban J connectivity index is 0.000000672. The lowest BCUT2D eigenvalue weighted by atomic mass is 10.1. The maximum Gasteiger partial charge on any atom is 0.290 e. The largest absolute Gasteiger partial charge is 0.483 e. The van der Waals surface area contributed by atoms with Crippen molar-refractivity contribution in [1.29, 1.82) is 0 Å². The highest BCUT2D eigenvalue weighted by molar-refractivity contribution is 7.10. The Morgan fingerprint density at radius 2 is 1.87 bits per heavy atom. The number of hydrogen-bond donors (Lipinski definition) is 4. The Morgan fingerprint density at radius 1 is 1.20 bits per heavy atom. The van der Waals surface area contributed by atoms with E-state index in [-0.39, 0.29) is 19.6 Å². The zero-order valence-corrected chi connectivity index (χ0v) is 18.2. The lowest BCUT2D eigenvalue weighted by Gasteiger charge is -2.25. The molecule has 10 heteroatoms. The molecular weight excluding hydrogens is 408 g/mol. The number of thiophene rings is 1. The average molecular weight is 441 g/mol. The standard InChI is InChI=1S/C18H28N4OS.2CH2O2/c1-15-18(20-14-19-15)12-22(7-8-23)11-17-9-16(13-24-17)10-21-5-3-2-4-6-21;2*2-1-3/h9,13-14,23H,2-8,10-12H2,1H3,(H,19,20);2*1H,(H,2,3). The van der Waals surface area contributed by atoms with Crippen molar-refractivity contribution in [3.63, 3.8) is 0 Å². The summed E-state index contributed by atoms with van der Waals surface area (Å²) < 4.78 is 0. The number of imidazole rings is 1. The van der Waals surface area contributed by atoms with Gasteiger partial charge in [-0.25, -0.2) is 4.98 Å². The molecule has 4 N–H and O–H groups in total. The third kappa shape index (κ3) is 9.97. The Labute approximate surface area is 181 Å². The van der Waals surface area contributed by atoms with E-state index in [1.54, 1.807) is 6.33 Å². The van der Waals surface area contributed by atoms with E-state index in [0.717, 1.165) is 31.0 Å². The second-order valence-corrected chi connectivity index (χ2v) is 7.87. The molecule has 0 radical (unpaired) electrons. The Kier molecular flexibility index (Phi) is 13.4. The summed E-state index contributed by atoms with van der Waals surface area (Å²) in [5.41, 5.74) is 3.60. The normalized spacial score (nSPS) is 13.7. The molecule has 0 amide bonds. The van der Waals surface area contributed by atoms with Gasteiger partial charge in [-0.3, -0.25) is 19.4 Å². The summed E-state index contributed by atoms with van der Waals surface area (Å²) in [5.74, 6) is 0. The summed E-state index contributed by atoms with van der Waals surface area (Å²) in [6.45, 7) is 7.59. The van der Waals surface area contributed by atoms with E-state index < -0.39 is 0 Å². The number of aryl methyl sites for hydroxylation is 1. The van der Waals surface area contributed by atoms with Gasteiger partial charge in [0.05, 0.1) is 18.6 Å². The predicted molar refractivity (Wildman–Crippen MR) is 115 cm³/mol. The fourth-order valence-corrected chi connectivity index (χ4v) is 4.22. The quantitative estimate of drug-likeness (QED) is 0.460. The summed E-state index contributed by atoms with van der Waals surface area (Å²) in [6, 6.07) is 2.33. The molecule has 0 bridgehead atoms. The van der Waals surface area contributed by atoms with Gasteiger partial charge in [0.1, 0.15) is 0 Å². The number of hydrogen-bond acceptors (Lipinski definition) is 7. The molecule has 0 aromatic carbocycles. The molecule has 3 heterocycles. The van der Waals surface area contributed by atoms with Crippen molar-refractivity contribution in [2.24, 2.45) is 0 Å². The van der Waals surface area contributed by atoms with Crippen LogP contribution in [0.3, 0.4) is 0 Å². The molecule has 168 valence electrons.